The van der Waals surface area contributed by atoms with Crippen molar-refractivity contribution >= 4 is 0 Å². The maximum absolute atomic E-state index is 6.13. The van der Waals surface area contributed by atoms with E-state index in [-0.39, 0.29) is 6.04 Å². The van der Waals surface area contributed by atoms with Crippen LogP contribution in [0.4, 0.5) is 0 Å². The van der Waals surface area contributed by atoms with Crippen LogP contribution in [0.25, 0.3) is 0 Å². The third kappa shape index (κ3) is 2.75. The van der Waals surface area contributed by atoms with Gasteiger partial charge in [-0.3, -0.25) is 0 Å². The Bertz CT molecular complexity index is 664. The quantitative estimate of drug-likeness (QED) is 0.787. The van der Waals surface area contributed by atoms with E-state index < -0.39 is 0 Å². The van der Waals surface area contributed by atoms with Crippen molar-refractivity contribution < 1.29 is 4.52 Å². The van der Waals surface area contributed by atoms with Crippen molar-refractivity contribution in [3.8, 4) is 0 Å². The van der Waals surface area contributed by atoms with Gasteiger partial charge in [-0.25, -0.2) is 0 Å². The van der Waals surface area contributed by atoms with Gasteiger partial charge in [-0.05, 0) is 11.1 Å². The predicted molar refractivity (Wildman–Crippen MR) is 76.0 cm³/mol. The van der Waals surface area contributed by atoms with E-state index in [1.807, 2.05) is 60.7 Å². The number of rotatable bonds is 4. The molecule has 0 saturated carbocycles. The van der Waals surface area contributed by atoms with E-state index in [0.29, 0.717) is 18.1 Å². The summed E-state index contributed by atoms with van der Waals surface area (Å²) in [7, 11) is 0. The Hall–Kier alpha value is -2.46. The summed E-state index contributed by atoms with van der Waals surface area (Å²) in [4.78, 5) is 4.38. The van der Waals surface area contributed by atoms with Gasteiger partial charge in [0.05, 0.1) is 0 Å². The highest BCUT2D eigenvalue weighted by atomic mass is 16.5. The van der Waals surface area contributed by atoms with Crippen LogP contribution in [0.15, 0.2) is 65.2 Å². The average molecular weight is 265 g/mol. The summed E-state index contributed by atoms with van der Waals surface area (Å²) in [5.41, 5.74) is 8.23. The van der Waals surface area contributed by atoms with Gasteiger partial charge in [-0.2, -0.15) is 4.98 Å². The van der Waals surface area contributed by atoms with E-state index in [1.165, 1.54) is 0 Å². The summed E-state index contributed by atoms with van der Waals surface area (Å²) in [6.07, 6.45) is 0.645. The molecule has 0 bridgehead atoms. The minimum Gasteiger partial charge on any atom is -0.337 e. The molecule has 20 heavy (non-hydrogen) atoms. The van der Waals surface area contributed by atoms with Crippen molar-refractivity contribution in [2.75, 3.05) is 0 Å². The van der Waals surface area contributed by atoms with E-state index >= 15 is 0 Å². The number of nitrogens with zero attached hydrogens (tertiary/aromatic N) is 2. The lowest BCUT2D eigenvalue weighted by molar-refractivity contribution is 0.363. The van der Waals surface area contributed by atoms with Crippen molar-refractivity contribution in [1.82, 2.24) is 10.1 Å². The molecular weight excluding hydrogens is 250 g/mol. The Morgan fingerprint density at radius 2 is 1.60 bits per heavy atom. The molecule has 3 rings (SSSR count). The van der Waals surface area contributed by atoms with Crippen LogP contribution in [0, 0.1) is 0 Å². The third-order valence-electron chi connectivity index (χ3n) is 3.11. The Morgan fingerprint density at radius 3 is 2.30 bits per heavy atom. The molecule has 3 aromatic rings. The van der Waals surface area contributed by atoms with Gasteiger partial charge in [-0.15, -0.1) is 0 Å². The molecule has 0 fully saturated rings. The Labute approximate surface area is 117 Å². The first-order valence-corrected chi connectivity index (χ1v) is 6.50. The molecule has 0 aliphatic rings. The van der Waals surface area contributed by atoms with Crippen molar-refractivity contribution in [2.45, 2.75) is 12.5 Å². The molecule has 4 heteroatoms. The van der Waals surface area contributed by atoms with Gasteiger partial charge < -0.3 is 10.3 Å². The Balaban J connectivity index is 1.77. The van der Waals surface area contributed by atoms with Crippen LogP contribution >= 0.6 is 0 Å². The first-order chi connectivity index (χ1) is 9.83. The van der Waals surface area contributed by atoms with Gasteiger partial charge in [0, 0.05) is 6.42 Å². The van der Waals surface area contributed by atoms with E-state index in [2.05, 4.69) is 10.1 Å². The standard InChI is InChI=1S/C16H15N3O/c17-15(13-9-5-2-6-10-13)16-18-14(19-20-16)11-12-7-3-1-4-8-12/h1-10,15H,11,17H2. The number of aromatic nitrogens is 2. The SMILES string of the molecule is NC(c1ccccc1)c1nc(Cc2ccccc2)no1. The second kappa shape index (κ2) is 5.67. The largest absolute Gasteiger partial charge is 0.337 e. The smallest absolute Gasteiger partial charge is 0.248 e. The zero-order chi connectivity index (χ0) is 13.8. The highest BCUT2D eigenvalue weighted by Crippen LogP contribution is 2.18. The average Bonchev–Trinajstić information content (AvgIpc) is 2.97. The molecule has 100 valence electrons. The van der Waals surface area contributed by atoms with E-state index in [4.69, 9.17) is 10.3 Å². The molecule has 0 spiro atoms. The van der Waals surface area contributed by atoms with Gasteiger partial charge in [-0.1, -0.05) is 65.8 Å². The van der Waals surface area contributed by atoms with Crippen LogP contribution < -0.4 is 5.73 Å². The second-order valence-electron chi connectivity index (χ2n) is 4.60. The minimum atomic E-state index is -0.381. The van der Waals surface area contributed by atoms with Crippen LogP contribution in [0.2, 0.25) is 0 Å². The van der Waals surface area contributed by atoms with E-state index in [1.54, 1.807) is 0 Å². The summed E-state index contributed by atoms with van der Waals surface area (Å²) in [6, 6.07) is 19.4. The molecule has 1 unspecified atom stereocenters. The van der Waals surface area contributed by atoms with E-state index in [9.17, 15) is 0 Å². The predicted octanol–water partition coefficient (Wildman–Crippen LogP) is 2.71. The van der Waals surface area contributed by atoms with Gasteiger partial charge in [0.2, 0.25) is 5.89 Å². The van der Waals surface area contributed by atoms with Gasteiger partial charge >= 0.3 is 0 Å². The summed E-state index contributed by atoms with van der Waals surface area (Å²) in [6.45, 7) is 0. The topological polar surface area (TPSA) is 64.9 Å². The van der Waals surface area contributed by atoms with Crippen molar-refractivity contribution in [3.05, 3.63) is 83.5 Å². The van der Waals surface area contributed by atoms with Crippen molar-refractivity contribution in [2.24, 2.45) is 5.73 Å². The lowest BCUT2D eigenvalue weighted by Crippen LogP contribution is -2.12. The fourth-order valence-electron chi connectivity index (χ4n) is 2.05. The molecule has 1 heterocycles. The highest BCUT2D eigenvalue weighted by Gasteiger charge is 2.16. The molecule has 0 aliphatic carbocycles. The lowest BCUT2D eigenvalue weighted by Gasteiger charge is -2.05. The normalized spacial score (nSPS) is 12.2. The van der Waals surface area contributed by atoms with E-state index in [0.717, 1.165) is 11.1 Å². The number of hydrogen-bond donors (Lipinski definition) is 1. The number of nitrogens with two attached hydrogens (primary N) is 1. The van der Waals surface area contributed by atoms with Crippen LogP contribution in [-0.2, 0) is 6.42 Å². The third-order valence-corrected chi connectivity index (χ3v) is 3.11. The zero-order valence-corrected chi connectivity index (χ0v) is 10.9. The first kappa shape index (κ1) is 12.6. The molecule has 0 amide bonds. The van der Waals surface area contributed by atoms with Gasteiger partial charge in [0.1, 0.15) is 6.04 Å². The molecule has 0 radical (unpaired) electrons. The summed E-state index contributed by atoms with van der Waals surface area (Å²) in [5.74, 6) is 1.10. The highest BCUT2D eigenvalue weighted by molar-refractivity contribution is 5.24. The minimum absolute atomic E-state index is 0.381. The first-order valence-electron chi connectivity index (χ1n) is 6.50. The summed E-state index contributed by atoms with van der Waals surface area (Å²) in [5, 5.41) is 3.99. The summed E-state index contributed by atoms with van der Waals surface area (Å²) < 4.78 is 5.27. The Kier molecular flexibility index (Phi) is 3.56. The molecule has 4 nitrogen and oxygen atoms in total. The molecule has 2 N–H and O–H groups in total. The van der Waals surface area contributed by atoms with Crippen LogP contribution in [-0.4, -0.2) is 10.1 Å². The van der Waals surface area contributed by atoms with Crippen molar-refractivity contribution in [3.63, 3.8) is 0 Å². The maximum Gasteiger partial charge on any atom is 0.248 e. The van der Waals surface area contributed by atoms with Crippen LogP contribution in [0.5, 0.6) is 0 Å². The van der Waals surface area contributed by atoms with Crippen molar-refractivity contribution in [1.29, 1.82) is 0 Å². The number of hydrogen-bond acceptors (Lipinski definition) is 4. The Morgan fingerprint density at radius 1 is 0.950 bits per heavy atom. The summed E-state index contributed by atoms with van der Waals surface area (Å²) >= 11 is 0. The van der Waals surface area contributed by atoms with Crippen LogP contribution in [0.3, 0.4) is 0 Å². The fourth-order valence-corrected chi connectivity index (χ4v) is 2.05. The van der Waals surface area contributed by atoms with Crippen LogP contribution in [0.1, 0.15) is 28.9 Å². The molecule has 0 aliphatic heterocycles. The van der Waals surface area contributed by atoms with Gasteiger partial charge in [0.15, 0.2) is 5.82 Å². The molecule has 0 saturated heterocycles. The number of benzene rings is 2. The zero-order valence-electron chi connectivity index (χ0n) is 10.9. The maximum atomic E-state index is 6.13. The fraction of sp³-hybridized carbons (Fsp3) is 0.125. The molecular formula is C16H15N3O. The van der Waals surface area contributed by atoms with Gasteiger partial charge in [0.25, 0.3) is 0 Å². The molecule has 2 aromatic carbocycles. The molecule has 1 atom stereocenters. The molecule has 1 aromatic heterocycles. The lowest BCUT2D eigenvalue weighted by atomic mass is 10.1. The second-order valence-corrected chi connectivity index (χ2v) is 4.60. The monoisotopic (exact) mass is 265 g/mol.